The van der Waals surface area contributed by atoms with Crippen LogP contribution in [0.1, 0.15) is 35.3 Å². The van der Waals surface area contributed by atoms with Gasteiger partial charge in [-0.3, -0.25) is 4.79 Å². The number of hydrogen-bond acceptors (Lipinski definition) is 7. The van der Waals surface area contributed by atoms with Crippen LogP contribution in [-0.2, 0) is 21.0 Å². The van der Waals surface area contributed by atoms with Crippen LogP contribution in [0, 0.1) is 0 Å². The first kappa shape index (κ1) is 22.2. The highest BCUT2D eigenvalue weighted by Crippen LogP contribution is 2.35. The van der Waals surface area contributed by atoms with Crippen molar-refractivity contribution in [1.29, 1.82) is 0 Å². The Hall–Kier alpha value is -3.04. The molecular formula is C22H22ClN5O3S. The van der Waals surface area contributed by atoms with Crippen LogP contribution in [0.5, 0.6) is 0 Å². The van der Waals surface area contributed by atoms with Gasteiger partial charge in [0.15, 0.2) is 9.84 Å². The van der Waals surface area contributed by atoms with Gasteiger partial charge in [0.2, 0.25) is 5.95 Å². The molecule has 0 spiro atoms. The number of amides is 1. The molecule has 1 aliphatic rings. The Kier molecular flexibility index (Phi) is 5.64. The molecule has 0 bridgehead atoms. The number of anilines is 2. The fraction of sp³-hybridized carbons (Fsp3) is 0.273. The number of fused-ring (bicyclic) bond motifs is 1. The Morgan fingerprint density at radius 1 is 1.19 bits per heavy atom. The number of hydrogen-bond donors (Lipinski definition) is 2. The van der Waals surface area contributed by atoms with Gasteiger partial charge in [-0.25, -0.2) is 23.4 Å². The summed E-state index contributed by atoms with van der Waals surface area (Å²) in [4.78, 5) is 25.2. The zero-order valence-corrected chi connectivity index (χ0v) is 19.4. The summed E-state index contributed by atoms with van der Waals surface area (Å²) in [7, 11) is -3.17. The molecule has 1 amide bonds. The van der Waals surface area contributed by atoms with Gasteiger partial charge in [-0.05, 0) is 35.4 Å². The van der Waals surface area contributed by atoms with Crippen molar-refractivity contribution in [1.82, 2.24) is 20.3 Å². The topological polar surface area (TPSA) is 114 Å². The van der Waals surface area contributed by atoms with E-state index in [1.165, 1.54) is 18.6 Å². The van der Waals surface area contributed by atoms with Crippen molar-refractivity contribution < 1.29 is 13.2 Å². The molecule has 1 aliphatic heterocycles. The van der Waals surface area contributed by atoms with E-state index in [0.717, 1.165) is 11.1 Å². The second-order valence-corrected chi connectivity index (χ2v) is 11.0. The van der Waals surface area contributed by atoms with Gasteiger partial charge in [0.05, 0.1) is 22.7 Å². The van der Waals surface area contributed by atoms with E-state index < -0.39 is 9.84 Å². The highest BCUT2D eigenvalue weighted by Gasteiger charge is 2.32. The maximum Gasteiger partial charge on any atom is 0.251 e. The second-order valence-electron chi connectivity index (χ2n) is 8.46. The van der Waals surface area contributed by atoms with Crippen molar-refractivity contribution in [3.8, 4) is 11.3 Å². The summed E-state index contributed by atoms with van der Waals surface area (Å²) in [6.45, 7) is 4.68. The first-order chi connectivity index (χ1) is 15.0. The Labute approximate surface area is 191 Å². The lowest BCUT2D eigenvalue weighted by Gasteiger charge is -2.32. The van der Waals surface area contributed by atoms with E-state index in [2.05, 4.69) is 39.4 Å². The third-order valence-electron chi connectivity index (χ3n) is 5.19. The number of nitrogens with zero attached hydrogens (tertiary/aromatic N) is 3. The number of pyridine rings is 1. The Morgan fingerprint density at radius 3 is 2.72 bits per heavy atom. The van der Waals surface area contributed by atoms with Gasteiger partial charge in [0, 0.05) is 35.5 Å². The van der Waals surface area contributed by atoms with Crippen LogP contribution in [0.2, 0.25) is 5.02 Å². The Bertz CT molecular complexity index is 1320. The average molecular weight is 472 g/mol. The van der Waals surface area contributed by atoms with E-state index in [0.29, 0.717) is 34.2 Å². The zero-order chi connectivity index (χ0) is 23.1. The molecule has 0 unspecified atom stereocenters. The maximum absolute atomic E-state index is 12.2. The zero-order valence-electron chi connectivity index (χ0n) is 17.8. The fourth-order valence-corrected chi connectivity index (χ4v) is 4.61. The molecule has 1 aromatic carbocycles. The van der Waals surface area contributed by atoms with Crippen LogP contribution in [0.25, 0.3) is 11.3 Å². The van der Waals surface area contributed by atoms with Gasteiger partial charge < -0.3 is 10.6 Å². The molecule has 2 aromatic heterocycles. The SMILES string of the molecule is CC1(C)CNC(=O)c2ccc(-c3nc(Nc4cc(CS(C)(=O)=O)ccn4)ncc3Cl)cc21. The summed E-state index contributed by atoms with van der Waals surface area (Å²) in [5, 5.41) is 6.28. The summed E-state index contributed by atoms with van der Waals surface area (Å²) >= 11 is 6.40. The lowest BCUT2D eigenvalue weighted by molar-refractivity contribution is 0.0930. The molecule has 3 aromatic rings. The number of aromatic nitrogens is 3. The van der Waals surface area contributed by atoms with E-state index in [1.807, 2.05) is 12.1 Å². The summed E-state index contributed by atoms with van der Waals surface area (Å²) in [5.41, 5.74) is 3.22. The predicted molar refractivity (Wildman–Crippen MR) is 124 cm³/mol. The van der Waals surface area contributed by atoms with Crippen molar-refractivity contribution >= 4 is 39.1 Å². The molecule has 0 saturated carbocycles. The van der Waals surface area contributed by atoms with E-state index >= 15 is 0 Å². The molecule has 166 valence electrons. The molecule has 4 rings (SSSR count). The quantitative estimate of drug-likeness (QED) is 0.585. The van der Waals surface area contributed by atoms with Crippen molar-refractivity contribution in [2.24, 2.45) is 0 Å². The highest BCUT2D eigenvalue weighted by atomic mass is 35.5. The van der Waals surface area contributed by atoms with Crippen LogP contribution >= 0.6 is 11.6 Å². The molecule has 0 saturated heterocycles. The minimum Gasteiger partial charge on any atom is -0.351 e. The second kappa shape index (κ2) is 8.14. The lowest BCUT2D eigenvalue weighted by atomic mass is 9.78. The van der Waals surface area contributed by atoms with Gasteiger partial charge in [0.25, 0.3) is 5.91 Å². The molecule has 0 radical (unpaired) electrons. The van der Waals surface area contributed by atoms with E-state index in [1.54, 1.807) is 18.2 Å². The summed E-state index contributed by atoms with van der Waals surface area (Å²) < 4.78 is 23.1. The molecule has 10 heteroatoms. The molecule has 32 heavy (non-hydrogen) atoms. The first-order valence-corrected chi connectivity index (χ1v) is 12.3. The molecule has 3 heterocycles. The normalized spacial score (nSPS) is 15.1. The largest absolute Gasteiger partial charge is 0.351 e. The Morgan fingerprint density at radius 2 is 1.97 bits per heavy atom. The third-order valence-corrected chi connectivity index (χ3v) is 6.33. The van der Waals surface area contributed by atoms with Crippen molar-refractivity contribution in [2.45, 2.75) is 25.0 Å². The van der Waals surface area contributed by atoms with Crippen LogP contribution in [-0.4, -0.2) is 42.1 Å². The van der Waals surface area contributed by atoms with E-state index in [4.69, 9.17) is 11.6 Å². The highest BCUT2D eigenvalue weighted by molar-refractivity contribution is 7.89. The standard InChI is InChI=1S/C22H22ClN5O3S/c1-22(2)12-26-20(29)15-5-4-14(9-16(15)22)19-17(23)10-25-21(28-19)27-18-8-13(6-7-24-18)11-32(3,30)31/h4-10H,11-12H2,1-3H3,(H,26,29)(H,24,25,27,28). The van der Waals surface area contributed by atoms with Crippen LogP contribution in [0.3, 0.4) is 0 Å². The maximum atomic E-state index is 12.2. The minimum absolute atomic E-state index is 0.0879. The van der Waals surface area contributed by atoms with Gasteiger partial charge in [-0.15, -0.1) is 0 Å². The summed E-state index contributed by atoms with van der Waals surface area (Å²) in [6.07, 6.45) is 4.19. The number of carbonyl (C=O) groups excluding carboxylic acids is 1. The van der Waals surface area contributed by atoms with Crippen molar-refractivity contribution in [2.75, 3.05) is 18.1 Å². The van der Waals surface area contributed by atoms with Gasteiger partial charge in [-0.1, -0.05) is 31.5 Å². The van der Waals surface area contributed by atoms with Crippen LogP contribution in [0.4, 0.5) is 11.8 Å². The molecule has 2 N–H and O–H groups in total. The monoisotopic (exact) mass is 471 g/mol. The average Bonchev–Trinajstić information content (AvgIpc) is 2.71. The number of sulfone groups is 1. The Balaban J connectivity index is 1.68. The predicted octanol–water partition coefficient (Wildman–Crippen LogP) is 3.50. The van der Waals surface area contributed by atoms with E-state index in [-0.39, 0.29) is 23.0 Å². The minimum atomic E-state index is -3.17. The van der Waals surface area contributed by atoms with Gasteiger partial charge in [0.1, 0.15) is 5.82 Å². The number of carbonyl (C=O) groups is 1. The molecule has 8 nitrogen and oxygen atoms in total. The van der Waals surface area contributed by atoms with Crippen LogP contribution in [0.15, 0.2) is 42.7 Å². The third kappa shape index (κ3) is 4.73. The number of rotatable bonds is 5. The fourth-order valence-electron chi connectivity index (χ4n) is 3.62. The number of benzene rings is 1. The van der Waals surface area contributed by atoms with Crippen LogP contribution < -0.4 is 10.6 Å². The molecular weight excluding hydrogens is 450 g/mol. The van der Waals surface area contributed by atoms with E-state index in [9.17, 15) is 13.2 Å². The lowest BCUT2D eigenvalue weighted by Crippen LogP contribution is -2.43. The van der Waals surface area contributed by atoms with Gasteiger partial charge >= 0.3 is 0 Å². The molecule has 0 fully saturated rings. The molecule has 0 aliphatic carbocycles. The molecule has 0 atom stereocenters. The van der Waals surface area contributed by atoms with Crippen molar-refractivity contribution in [3.05, 3.63) is 64.4 Å². The first-order valence-electron chi connectivity index (χ1n) is 9.87. The smallest absolute Gasteiger partial charge is 0.251 e. The number of halogens is 1. The number of nitrogens with one attached hydrogen (secondary N) is 2. The summed E-state index contributed by atoms with van der Waals surface area (Å²) in [5.74, 6) is 0.503. The van der Waals surface area contributed by atoms with Gasteiger partial charge in [-0.2, -0.15) is 0 Å². The summed E-state index contributed by atoms with van der Waals surface area (Å²) in [6, 6.07) is 8.81. The van der Waals surface area contributed by atoms with Crippen molar-refractivity contribution in [3.63, 3.8) is 0 Å².